The Morgan fingerprint density at radius 1 is 1.07 bits per heavy atom. The Bertz CT molecular complexity index is 1010. The lowest BCUT2D eigenvalue weighted by atomic mass is 9.98. The molecule has 1 fully saturated rings. The molecule has 0 aliphatic carbocycles. The van der Waals surface area contributed by atoms with Gasteiger partial charge in [-0.3, -0.25) is 9.59 Å². The summed E-state index contributed by atoms with van der Waals surface area (Å²) in [6, 6.07) is 12.2. The summed E-state index contributed by atoms with van der Waals surface area (Å²) in [5.41, 5.74) is 0.974. The molecule has 0 spiro atoms. The summed E-state index contributed by atoms with van der Waals surface area (Å²) in [4.78, 5) is 23.8. The second-order valence-corrected chi connectivity index (χ2v) is 8.89. The zero-order chi connectivity index (χ0) is 21.0. The summed E-state index contributed by atoms with van der Waals surface area (Å²) < 4.78 is 27.2. The molecule has 1 atom stereocenters. The van der Waals surface area contributed by atoms with Crippen LogP contribution in [0.25, 0.3) is 0 Å². The van der Waals surface area contributed by atoms with Crippen molar-refractivity contribution in [2.75, 3.05) is 23.7 Å². The molecule has 0 aromatic heterocycles. The van der Waals surface area contributed by atoms with E-state index < -0.39 is 15.9 Å². The quantitative estimate of drug-likeness (QED) is 0.691. The van der Waals surface area contributed by atoms with E-state index in [0.29, 0.717) is 30.8 Å². The Hall–Kier alpha value is -2.91. The maximum absolute atomic E-state index is 13.0. The molecular weight excluding hydrogens is 394 g/mol. The predicted molar refractivity (Wildman–Crippen MR) is 109 cm³/mol. The Kier molecular flexibility index (Phi) is 6.19. The van der Waals surface area contributed by atoms with E-state index in [2.05, 4.69) is 10.6 Å². The van der Waals surface area contributed by atoms with Gasteiger partial charge in [0.2, 0.25) is 21.8 Å². The van der Waals surface area contributed by atoms with E-state index >= 15 is 0 Å². The number of hydrogen-bond donors (Lipinski definition) is 3. The minimum absolute atomic E-state index is 0.0401. The van der Waals surface area contributed by atoms with Crippen LogP contribution in [-0.2, 0) is 19.6 Å². The molecule has 8 nitrogen and oxygen atoms in total. The van der Waals surface area contributed by atoms with Gasteiger partial charge in [0.1, 0.15) is 5.75 Å². The van der Waals surface area contributed by atoms with Crippen LogP contribution in [0.15, 0.2) is 53.4 Å². The fourth-order valence-electron chi connectivity index (χ4n) is 3.27. The van der Waals surface area contributed by atoms with Crippen molar-refractivity contribution < 1.29 is 23.1 Å². The minimum Gasteiger partial charge on any atom is -0.508 e. The second kappa shape index (κ2) is 8.62. The number of piperidine rings is 1. The summed E-state index contributed by atoms with van der Waals surface area (Å²) in [7, 11) is -3.75. The Labute approximate surface area is 169 Å². The number of amides is 2. The summed E-state index contributed by atoms with van der Waals surface area (Å²) in [5, 5.41) is 14.8. The van der Waals surface area contributed by atoms with E-state index in [9.17, 15) is 23.1 Å². The third kappa shape index (κ3) is 5.12. The topological polar surface area (TPSA) is 116 Å². The monoisotopic (exact) mass is 417 g/mol. The molecule has 9 heteroatoms. The molecule has 2 amide bonds. The van der Waals surface area contributed by atoms with E-state index in [1.807, 2.05) is 0 Å². The SMILES string of the molecule is CC(=O)Nc1ccc(S(=O)(=O)N2CCC[C@@H](C(=O)Nc3cccc(O)c3)C2)cc1. The van der Waals surface area contributed by atoms with Crippen LogP contribution in [0.4, 0.5) is 11.4 Å². The van der Waals surface area contributed by atoms with E-state index in [1.54, 1.807) is 12.1 Å². The highest BCUT2D eigenvalue weighted by Crippen LogP contribution is 2.26. The van der Waals surface area contributed by atoms with Gasteiger partial charge in [0.05, 0.1) is 10.8 Å². The average Bonchev–Trinajstić information content (AvgIpc) is 2.68. The fourth-order valence-corrected chi connectivity index (χ4v) is 4.79. The molecular formula is C20H23N3O5S. The van der Waals surface area contributed by atoms with Crippen molar-refractivity contribution in [1.82, 2.24) is 4.31 Å². The highest BCUT2D eigenvalue weighted by atomic mass is 32.2. The number of phenols is 1. The first-order valence-electron chi connectivity index (χ1n) is 9.23. The van der Waals surface area contributed by atoms with E-state index in [1.165, 1.54) is 47.6 Å². The molecule has 3 N–H and O–H groups in total. The Balaban J connectivity index is 1.70. The van der Waals surface area contributed by atoms with Crippen molar-refractivity contribution in [2.24, 2.45) is 5.92 Å². The van der Waals surface area contributed by atoms with Crippen LogP contribution in [-0.4, -0.2) is 42.7 Å². The van der Waals surface area contributed by atoms with Crippen molar-refractivity contribution in [3.05, 3.63) is 48.5 Å². The third-order valence-electron chi connectivity index (χ3n) is 4.68. The smallest absolute Gasteiger partial charge is 0.243 e. The lowest BCUT2D eigenvalue weighted by Gasteiger charge is -2.31. The lowest BCUT2D eigenvalue weighted by molar-refractivity contribution is -0.121. The number of sulfonamides is 1. The first-order chi connectivity index (χ1) is 13.8. The molecule has 2 aromatic carbocycles. The number of carbonyl (C=O) groups is 2. The molecule has 1 aliphatic heterocycles. The normalized spacial score (nSPS) is 17.5. The summed E-state index contributed by atoms with van der Waals surface area (Å²) in [6.45, 7) is 1.80. The van der Waals surface area contributed by atoms with Gasteiger partial charge in [-0.1, -0.05) is 6.07 Å². The number of benzene rings is 2. The van der Waals surface area contributed by atoms with Crippen LogP contribution in [0.2, 0.25) is 0 Å². The van der Waals surface area contributed by atoms with Crippen LogP contribution >= 0.6 is 0 Å². The predicted octanol–water partition coefficient (Wildman–Crippen LogP) is 2.39. The van der Waals surface area contributed by atoms with Gasteiger partial charge in [0.25, 0.3) is 0 Å². The van der Waals surface area contributed by atoms with E-state index in [4.69, 9.17) is 0 Å². The van der Waals surface area contributed by atoms with Gasteiger partial charge in [0.15, 0.2) is 0 Å². The zero-order valence-electron chi connectivity index (χ0n) is 16.0. The van der Waals surface area contributed by atoms with Crippen molar-refractivity contribution in [3.8, 4) is 5.75 Å². The number of anilines is 2. The number of carbonyl (C=O) groups excluding carboxylic acids is 2. The second-order valence-electron chi connectivity index (χ2n) is 6.95. The number of hydrogen-bond acceptors (Lipinski definition) is 5. The van der Waals surface area contributed by atoms with Gasteiger partial charge < -0.3 is 15.7 Å². The molecule has 3 rings (SSSR count). The molecule has 0 bridgehead atoms. The van der Waals surface area contributed by atoms with Crippen molar-refractivity contribution in [2.45, 2.75) is 24.7 Å². The van der Waals surface area contributed by atoms with Gasteiger partial charge in [-0.05, 0) is 49.2 Å². The first kappa shape index (κ1) is 20.8. The molecule has 0 saturated carbocycles. The number of aromatic hydroxyl groups is 1. The van der Waals surface area contributed by atoms with Gasteiger partial charge in [0, 0.05) is 37.5 Å². The molecule has 154 valence electrons. The van der Waals surface area contributed by atoms with E-state index in [0.717, 1.165) is 0 Å². The summed E-state index contributed by atoms with van der Waals surface area (Å²) >= 11 is 0. The van der Waals surface area contributed by atoms with Crippen molar-refractivity contribution >= 4 is 33.2 Å². The average molecular weight is 417 g/mol. The molecule has 1 saturated heterocycles. The first-order valence-corrected chi connectivity index (χ1v) is 10.7. The number of nitrogens with one attached hydrogen (secondary N) is 2. The van der Waals surface area contributed by atoms with Crippen LogP contribution in [0.5, 0.6) is 5.75 Å². The maximum Gasteiger partial charge on any atom is 0.243 e. The molecule has 29 heavy (non-hydrogen) atoms. The van der Waals surface area contributed by atoms with Gasteiger partial charge in [-0.2, -0.15) is 4.31 Å². The molecule has 1 heterocycles. The number of phenolic OH excluding ortho intramolecular Hbond substituents is 1. The van der Waals surface area contributed by atoms with Crippen LogP contribution in [0.1, 0.15) is 19.8 Å². The summed E-state index contributed by atoms with van der Waals surface area (Å²) in [6.07, 6.45) is 1.15. The summed E-state index contributed by atoms with van der Waals surface area (Å²) in [5.74, 6) is -0.966. The molecule has 1 aliphatic rings. The van der Waals surface area contributed by atoms with Gasteiger partial charge >= 0.3 is 0 Å². The maximum atomic E-state index is 13.0. The standard InChI is InChI=1S/C20H23N3O5S/c1-14(24)21-16-7-9-19(10-8-16)29(27,28)23-11-3-4-15(13-23)20(26)22-17-5-2-6-18(25)12-17/h2,5-10,12,15,25H,3-4,11,13H2,1H3,(H,21,24)(H,22,26)/t15-/m1/s1. The largest absolute Gasteiger partial charge is 0.508 e. The van der Waals surface area contributed by atoms with Crippen LogP contribution in [0, 0.1) is 5.92 Å². The zero-order valence-corrected chi connectivity index (χ0v) is 16.8. The minimum atomic E-state index is -3.75. The van der Waals surface area contributed by atoms with Crippen molar-refractivity contribution in [1.29, 1.82) is 0 Å². The van der Waals surface area contributed by atoms with E-state index in [-0.39, 0.29) is 29.0 Å². The highest BCUT2D eigenvalue weighted by molar-refractivity contribution is 7.89. The highest BCUT2D eigenvalue weighted by Gasteiger charge is 2.33. The molecule has 0 radical (unpaired) electrons. The lowest BCUT2D eigenvalue weighted by Crippen LogP contribution is -2.43. The van der Waals surface area contributed by atoms with Crippen LogP contribution in [0.3, 0.4) is 0 Å². The van der Waals surface area contributed by atoms with Crippen LogP contribution < -0.4 is 10.6 Å². The number of rotatable bonds is 5. The Morgan fingerprint density at radius 3 is 2.45 bits per heavy atom. The van der Waals surface area contributed by atoms with Gasteiger partial charge in [-0.15, -0.1) is 0 Å². The van der Waals surface area contributed by atoms with Crippen molar-refractivity contribution in [3.63, 3.8) is 0 Å². The third-order valence-corrected chi connectivity index (χ3v) is 6.56. The number of nitrogens with zero attached hydrogens (tertiary/aromatic N) is 1. The molecule has 2 aromatic rings. The fraction of sp³-hybridized carbons (Fsp3) is 0.300. The Morgan fingerprint density at radius 2 is 1.79 bits per heavy atom. The van der Waals surface area contributed by atoms with Gasteiger partial charge in [-0.25, -0.2) is 8.42 Å². The molecule has 0 unspecified atom stereocenters.